The molecule has 0 radical (unpaired) electrons. The Morgan fingerprint density at radius 2 is 1.84 bits per heavy atom. The number of aryl methyl sites for hydroxylation is 2. The van der Waals surface area contributed by atoms with Gasteiger partial charge in [0.25, 0.3) is 5.91 Å². The first-order valence-corrected chi connectivity index (χ1v) is 8.45. The Kier molecular flexibility index (Phi) is 6.39. The first-order valence-electron chi connectivity index (χ1n) is 8.45. The number of carbonyl (C=O) groups excluding carboxylic acids is 2. The van der Waals surface area contributed by atoms with E-state index in [-0.39, 0.29) is 18.4 Å². The van der Waals surface area contributed by atoms with Gasteiger partial charge in [-0.3, -0.25) is 4.79 Å². The molecule has 0 unspecified atom stereocenters. The third-order valence-corrected chi connectivity index (χ3v) is 3.81. The average Bonchev–Trinajstić information content (AvgIpc) is 2.91. The van der Waals surface area contributed by atoms with Crippen molar-refractivity contribution in [2.45, 2.75) is 46.8 Å². The molecule has 1 aromatic heterocycles. The monoisotopic (exact) mass is 343 g/mol. The molecule has 1 amide bonds. The van der Waals surface area contributed by atoms with Gasteiger partial charge >= 0.3 is 5.97 Å². The topological polar surface area (TPSA) is 68.5 Å². The van der Waals surface area contributed by atoms with E-state index in [0.29, 0.717) is 23.5 Å². The second kappa shape index (κ2) is 8.51. The fourth-order valence-electron chi connectivity index (χ4n) is 2.61. The predicted octanol–water partition coefficient (Wildman–Crippen LogP) is 3.78. The molecule has 134 valence electrons. The van der Waals surface area contributed by atoms with E-state index in [1.54, 1.807) is 19.9 Å². The molecule has 1 heterocycles. The molecule has 0 fully saturated rings. The molecular weight excluding hydrogens is 318 g/mol. The number of esters is 1. The smallest absolute Gasteiger partial charge is 0.328 e. The summed E-state index contributed by atoms with van der Waals surface area (Å²) in [4.78, 5) is 24.9. The first kappa shape index (κ1) is 18.8. The number of nitrogens with one attached hydrogen (secondary N) is 1. The molecule has 2 aromatic rings. The van der Waals surface area contributed by atoms with Crippen LogP contribution in [0.3, 0.4) is 0 Å². The zero-order valence-electron chi connectivity index (χ0n) is 15.2. The average molecular weight is 343 g/mol. The van der Waals surface area contributed by atoms with Crippen LogP contribution in [0.5, 0.6) is 0 Å². The van der Waals surface area contributed by atoms with Crippen molar-refractivity contribution in [1.82, 2.24) is 5.32 Å². The molecule has 0 aliphatic rings. The third-order valence-electron chi connectivity index (χ3n) is 3.81. The molecule has 5 nitrogen and oxygen atoms in total. The van der Waals surface area contributed by atoms with Gasteiger partial charge < -0.3 is 14.5 Å². The fourth-order valence-corrected chi connectivity index (χ4v) is 2.61. The second-order valence-electron chi connectivity index (χ2n) is 6.58. The number of amides is 1. The minimum absolute atomic E-state index is 0.188. The van der Waals surface area contributed by atoms with Crippen LogP contribution in [0.2, 0.25) is 0 Å². The SMILES string of the molecule is Cc1cc(C(=O)N[C@@H](CC(C)C)C(=O)OCc2ccccc2)c(C)o1. The van der Waals surface area contributed by atoms with Crippen LogP contribution in [-0.2, 0) is 16.1 Å². The highest BCUT2D eigenvalue weighted by Gasteiger charge is 2.25. The fraction of sp³-hybridized carbons (Fsp3) is 0.400. The Bertz CT molecular complexity index is 719. The van der Waals surface area contributed by atoms with Gasteiger partial charge in [-0.25, -0.2) is 4.79 Å². The highest BCUT2D eigenvalue weighted by atomic mass is 16.5. The van der Waals surface area contributed by atoms with E-state index >= 15 is 0 Å². The lowest BCUT2D eigenvalue weighted by molar-refractivity contribution is -0.147. The van der Waals surface area contributed by atoms with Crippen molar-refractivity contribution in [3.8, 4) is 0 Å². The second-order valence-corrected chi connectivity index (χ2v) is 6.58. The van der Waals surface area contributed by atoms with Crippen molar-refractivity contribution in [1.29, 1.82) is 0 Å². The van der Waals surface area contributed by atoms with Crippen molar-refractivity contribution in [3.05, 3.63) is 59.0 Å². The highest BCUT2D eigenvalue weighted by Crippen LogP contribution is 2.15. The van der Waals surface area contributed by atoms with Gasteiger partial charge in [-0.05, 0) is 37.8 Å². The number of rotatable bonds is 7. The standard InChI is InChI=1S/C20H25NO4/c1-13(2)10-18(20(23)24-12-16-8-6-5-7-9-16)21-19(22)17-11-14(3)25-15(17)4/h5-9,11,13,18H,10,12H2,1-4H3,(H,21,22)/t18-/m0/s1. The van der Waals surface area contributed by atoms with Gasteiger partial charge in [0.15, 0.2) is 0 Å². The highest BCUT2D eigenvalue weighted by molar-refractivity contribution is 5.97. The lowest BCUT2D eigenvalue weighted by Gasteiger charge is -2.19. The quantitative estimate of drug-likeness (QED) is 0.777. The molecule has 5 heteroatoms. The van der Waals surface area contributed by atoms with Gasteiger partial charge in [0.05, 0.1) is 5.56 Å². The Morgan fingerprint density at radius 1 is 1.16 bits per heavy atom. The van der Waals surface area contributed by atoms with Crippen molar-refractivity contribution >= 4 is 11.9 Å². The number of hydrogen-bond donors (Lipinski definition) is 1. The summed E-state index contributed by atoms with van der Waals surface area (Å²) in [6.45, 7) is 7.69. The summed E-state index contributed by atoms with van der Waals surface area (Å²) in [5.74, 6) is 0.688. The molecule has 0 spiro atoms. The van der Waals surface area contributed by atoms with Crippen LogP contribution >= 0.6 is 0 Å². The van der Waals surface area contributed by atoms with Crippen molar-refractivity contribution in [2.75, 3.05) is 0 Å². The zero-order chi connectivity index (χ0) is 18.4. The molecule has 0 saturated heterocycles. The van der Waals surface area contributed by atoms with Gasteiger partial charge in [0.1, 0.15) is 24.2 Å². The summed E-state index contributed by atoms with van der Waals surface area (Å²) in [6, 6.07) is 10.4. The van der Waals surface area contributed by atoms with Gasteiger partial charge in [-0.15, -0.1) is 0 Å². The van der Waals surface area contributed by atoms with E-state index in [1.807, 2.05) is 44.2 Å². The van der Waals surface area contributed by atoms with Crippen LogP contribution in [0.1, 0.15) is 47.7 Å². The minimum Gasteiger partial charge on any atom is -0.466 e. The maximum atomic E-state index is 12.5. The maximum absolute atomic E-state index is 12.5. The van der Waals surface area contributed by atoms with E-state index < -0.39 is 12.0 Å². The van der Waals surface area contributed by atoms with Crippen LogP contribution in [0, 0.1) is 19.8 Å². The summed E-state index contributed by atoms with van der Waals surface area (Å²) < 4.78 is 10.8. The normalized spacial score (nSPS) is 12.0. The number of ether oxygens (including phenoxy) is 1. The number of benzene rings is 1. The molecule has 1 atom stereocenters. The summed E-state index contributed by atoms with van der Waals surface area (Å²) >= 11 is 0. The van der Waals surface area contributed by atoms with Crippen LogP contribution < -0.4 is 5.32 Å². The largest absolute Gasteiger partial charge is 0.466 e. The number of furan rings is 1. The Labute approximate surface area is 148 Å². The molecule has 0 saturated carbocycles. The molecule has 1 aromatic carbocycles. The summed E-state index contributed by atoms with van der Waals surface area (Å²) in [5.41, 5.74) is 1.36. The van der Waals surface area contributed by atoms with Crippen molar-refractivity contribution < 1.29 is 18.7 Å². The molecule has 1 N–H and O–H groups in total. The summed E-state index contributed by atoms with van der Waals surface area (Å²) in [6.07, 6.45) is 0.509. The molecule has 0 bridgehead atoms. The lowest BCUT2D eigenvalue weighted by atomic mass is 10.0. The Balaban J connectivity index is 2.03. The number of hydrogen-bond acceptors (Lipinski definition) is 4. The maximum Gasteiger partial charge on any atom is 0.328 e. The third kappa shape index (κ3) is 5.48. The Morgan fingerprint density at radius 3 is 2.40 bits per heavy atom. The van der Waals surface area contributed by atoms with Crippen molar-refractivity contribution in [3.63, 3.8) is 0 Å². The molecule has 0 aliphatic carbocycles. The lowest BCUT2D eigenvalue weighted by Crippen LogP contribution is -2.42. The minimum atomic E-state index is -0.689. The van der Waals surface area contributed by atoms with E-state index in [9.17, 15) is 9.59 Å². The predicted molar refractivity (Wildman–Crippen MR) is 95.1 cm³/mol. The Hall–Kier alpha value is -2.56. The van der Waals surface area contributed by atoms with Gasteiger partial charge in [-0.2, -0.15) is 0 Å². The summed E-state index contributed by atoms with van der Waals surface area (Å²) in [7, 11) is 0. The van der Waals surface area contributed by atoms with Crippen LogP contribution in [0.4, 0.5) is 0 Å². The molecule has 2 rings (SSSR count). The van der Waals surface area contributed by atoms with Crippen LogP contribution in [-0.4, -0.2) is 17.9 Å². The van der Waals surface area contributed by atoms with Gasteiger partial charge in [-0.1, -0.05) is 44.2 Å². The van der Waals surface area contributed by atoms with E-state index in [4.69, 9.17) is 9.15 Å². The molecule has 25 heavy (non-hydrogen) atoms. The van der Waals surface area contributed by atoms with Gasteiger partial charge in [0, 0.05) is 0 Å². The zero-order valence-corrected chi connectivity index (χ0v) is 15.2. The van der Waals surface area contributed by atoms with Crippen LogP contribution in [0.25, 0.3) is 0 Å². The summed E-state index contributed by atoms with van der Waals surface area (Å²) in [5, 5.41) is 2.78. The van der Waals surface area contributed by atoms with E-state index in [0.717, 1.165) is 5.56 Å². The molecular formula is C20H25NO4. The van der Waals surface area contributed by atoms with E-state index in [1.165, 1.54) is 0 Å². The van der Waals surface area contributed by atoms with Crippen LogP contribution in [0.15, 0.2) is 40.8 Å². The van der Waals surface area contributed by atoms with E-state index in [2.05, 4.69) is 5.32 Å². The van der Waals surface area contributed by atoms with Crippen molar-refractivity contribution in [2.24, 2.45) is 5.92 Å². The molecule has 0 aliphatic heterocycles. The number of carbonyl (C=O) groups is 2. The van der Waals surface area contributed by atoms with Gasteiger partial charge in [0.2, 0.25) is 0 Å². The first-order chi connectivity index (χ1) is 11.9.